The van der Waals surface area contributed by atoms with Gasteiger partial charge in [-0.05, 0) is 62.8 Å². The fourth-order valence-electron chi connectivity index (χ4n) is 4.00. The molecule has 0 saturated carbocycles. The predicted molar refractivity (Wildman–Crippen MR) is 107 cm³/mol. The molecule has 0 spiro atoms. The molecular weight excluding hydrogens is 356 g/mol. The van der Waals surface area contributed by atoms with E-state index in [9.17, 15) is 9.59 Å². The number of hydrogen-bond donors (Lipinski definition) is 0. The van der Waals surface area contributed by atoms with Crippen LogP contribution in [0.4, 0.5) is 0 Å². The number of likely N-dealkylation sites (tertiary alicyclic amines) is 2. The highest BCUT2D eigenvalue weighted by molar-refractivity contribution is 5.82. The molecule has 3 rings (SSSR count). The van der Waals surface area contributed by atoms with Crippen LogP contribution in [-0.2, 0) is 9.59 Å². The van der Waals surface area contributed by atoms with Crippen molar-refractivity contribution in [3.8, 4) is 11.5 Å². The Hall–Kier alpha value is -2.24. The molecule has 2 aliphatic heterocycles. The minimum absolute atomic E-state index is 0.0199. The lowest BCUT2D eigenvalue weighted by Crippen LogP contribution is -2.48. The molecule has 2 aliphatic rings. The van der Waals surface area contributed by atoms with Crippen molar-refractivity contribution in [1.82, 2.24) is 9.80 Å². The van der Waals surface area contributed by atoms with Crippen molar-refractivity contribution in [2.45, 2.75) is 45.6 Å². The molecule has 2 saturated heterocycles. The van der Waals surface area contributed by atoms with Gasteiger partial charge < -0.3 is 19.3 Å². The van der Waals surface area contributed by atoms with Gasteiger partial charge in [0.2, 0.25) is 5.91 Å². The van der Waals surface area contributed by atoms with E-state index in [1.54, 1.807) is 26.2 Å². The minimum atomic E-state index is -0.552. The molecule has 1 aromatic carbocycles. The number of carbonyl (C=O) groups is 2. The first-order valence-electron chi connectivity index (χ1n) is 10.4. The van der Waals surface area contributed by atoms with Gasteiger partial charge in [-0.1, -0.05) is 6.92 Å². The molecule has 1 atom stereocenters. The summed E-state index contributed by atoms with van der Waals surface area (Å²) in [4.78, 5) is 29.3. The third-order valence-corrected chi connectivity index (χ3v) is 5.97. The molecule has 2 fully saturated rings. The van der Waals surface area contributed by atoms with Crippen LogP contribution < -0.4 is 9.47 Å². The van der Waals surface area contributed by atoms with Crippen molar-refractivity contribution in [1.29, 1.82) is 0 Å². The highest BCUT2D eigenvalue weighted by Gasteiger charge is 2.33. The molecule has 1 unspecified atom stereocenters. The van der Waals surface area contributed by atoms with Crippen LogP contribution in [-0.4, -0.2) is 61.0 Å². The van der Waals surface area contributed by atoms with E-state index in [1.807, 2.05) is 21.9 Å². The van der Waals surface area contributed by atoms with Crippen molar-refractivity contribution in [3.63, 3.8) is 0 Å². The maximum Gasteiger partial charge on any atom is 0.263 e. The molecule has 0 aromatic heterocycles. The molecule has 0 aliphatic carbocycles. The van der Waals surface area contributed by atoms with Crippen molar-refractivity contribution >= 4 is 11.8 Å². The fourth-order valence-corrected chi connectivity index (χ4v) is 4.00. The van der Waals surface area contributed by atoms with E-state index in [1.165, 1.54) is 0 Å². The van der Waals surface area contributed by atoms with Crippen molar-refractivity contribution < 1.29 is 19.1 Å². The zero-order valence-corrected chi connectivity index (χ0v) is 17.2. The van der Waals surface area contributed by atoms with E-state index >= 15 is 0 Å². The topological polar surface area (TPSA) is 59.1 Å². The summed E-state index contributed by atoms with van der Waals surface area (Å²) in [7, 11) is 1.61. The summed E-state index contributed by atoms with van der Waals surface area (Å²) < 4.78 is 10.9. The summed E-state index contributed by atoms with van der Waals surface area (Å²) >= 11 is 0. The van der Waals surface area contributed by atoms with Gasteiger partial charge in [0.05, 0.1) is 7.11 Å². The van der Waals surface area contributed by atoms with E-state index in [2.05, 4.69) is 6.92 Å². The second kappa shape index (κ2) is 9.30. The summed E-state index contributed by atoms with van der Waals surface area (Å²) in [5, 5.41) is 0. The third kappa shape index (κ3) is 4.97. The number of rotatable bonds is 5. The lowest BCUT2D eigenvalue weighted by atomic mass is 9.92. The highest BCUT2D eigenvalue weighted by Crippen LogP contribution is 2.25. The van der Waals surface area contributed by atoms with Gasteiger partial charge in [0.25, 0.3) is 5.91 Å². The maximum absolute atomic E-state index is 12.8. The first-order valence-corrected chi connectivity index (χ1v) is 10.4. The lowest BCUT2D eigenvalue weighted by Gasteiger charge is -2.37. The summed E-state index contributed by atoms with van der Waals surface area (Å²) in [6, 6.07) is 7.22. The number of benzene rings is 1. The summed E-state index contributed by atoms with van der Waals surface area (Å²) in [6.07, 6.45) is 3.13. The molecule has 28 heavy (non-hydrogen) atoms. The van der Waals surface area contributed by atoms with Crippen LogP contribution in [0.2, 0.25) is 0 Å². The van der Waals surface area contributed by atoms with Gasteiger partial charge in [-0.3, -0.25) is 9.59 Å². The lowest BCUT2D eigenvalue weighted by molar-refractivity contribution is -0.144. The van der Waals surface area contributed by atoms with Crippen LogP contribution >= 0.6 is 0 Å². The van der Waals surface area contributed by atoms with Crippen LogP contribution in [0.25, 0.3) is 0 Å². The summed E-state index contributed by atoms with van der Waals surface area (Å²) in [6.45, 7) is 7.03. The van der Waals surface area contributed by atoms with Gasteiger partial charge in [-0.15, -0.1) is 0 Å². The third-order valence-electron chi connectivity index (χ3n) is 5.97. The summed E-state index contributed by atoms with van der Waals surface area (Å²) in [5.41, 5.74) is 0. The Morgan fingerprint density at radius 3 is 2.04 bits per heavy atom. The summed E-state index contributed by atoms with van der Waals surface area (Å²) in [5.74, 6) is 2.42. The average molecular weight is 389 g/mol. The number of hydrogen-bond acceptors (Lipinski definition) is 4. The van der Waals surface area contributed by atoms with Gasteiger partial charge in [0.1, 0.15) is 11.5 Å². The maximum atomic E-state index is 12.8. The number of ether oxygens (including phenoxy) is 2. The van der Waals surface area contributed by atoms with E-state index < -0.39 is 6.10 Å². The van der Waals surface area contributed by atoms with Crippen LogP contribution in [0.15, 0.2) is 24.3 Å². The normalized spacial score (nSPS) is 20.0. The molecule has 6 heteroatoms. The number of carbonyl (C=O) groups excluding carboxylic acids is 2. The quantitative estimate of drug-likeness (QED) is 0.778. The van der Waals surface area contributed by atoms with Gasteiger partial charge in [-0.2, -0.15) is 0 Å². The van der Waals surface area contributed by atoms with E-state index in [4.69, 9.17) is 9.47 Å². The first-order chi connectivity index (χ1) is 13.5. The molecule has 0 radical (unpaired) electrons. The number of piperidine rings is 2. The molecule has 2 amide bonds. The number of nitrogens with zero attached hydrogens (tertiary/aromatic N) is 2. The van der Waals surface area contributed by atoms with Crippen molar-refractivity contribution in [2.24, 2.45) is 11.8 Å². The SMILES string of the molecule is COc1ccc(OC(C)C(=O)N2CCC(C(=O)N3CCC(C)CC3)CC2)cc1. The van der Waals surface area contributed by atoms with Crippen LogP contribution in [0, 0.1) is 11.8 Å². The molecule has 154 valence electrons. The molecule has 1 aromatic rings. The second-order valence-corrected chi connectivity index (χ2v) is 8.04. The Labute approximate surface area is 167 Å². The standard InChI is InChI=1S/C22H32N2O4/c1-16-8-12-24(13-9-16)22(26)18-10-14-23(15-11-18)21(25)17(2)28-20-6-4-19(27-3)5-7-20/h4-7,16-18H,8-15H2,1-3H3. The van der Waals surface area contributed by atoms with Crippen LogP contribution in [0.5, 0.6) is 11.5 Å². The Bertz CT molecular complexity index is 660. The smallest absolute Gasteiger partial charge is 0.263 e. The zero-order chi connectivity index (χ0) is 20.1. The molecule has 0 N–H and O–H groups in total. The molecule has 2 heterocycles. The van der Waals surface area contributed by atoms with Crippen molar-refractivity contribution in [2.75, 3.05) is 33.3 Å². The second-order valence-electron chi connectivity index (χ2n) is 8.04. The van der Waals surface area contributed by atoms with E-state index in [-0.39, 0.29) is 17.7 Å². The van der Waals surface area contributed by atoms with Gasteiger partial charge in [-0.25, -0.2) is 0 Å². The predicted octanol–water partition coefficient (Wildman–Crippen LogP) is 2.96. The molecule has 0 bridgehead atoms. The van der Waals surface area contributed by atoms with E-state index in [0.717, 1.165) is 50.4 Å². The zero-order valence-electron chi connectivity index (χ0n) is 17.2. The highest BCUT2D eigenvalue weighted by atomic mass is 16.5. The monoisotopic (exact) mass is 388 g/mol. The number of methoxy groups -OCH3 is 1. The minimum Gasteiger partial charge on any atom is -0.497 e. The van der Waals surface area contributed by atoms with Crippen molar-refractivity contribution in [3.05, 3.63) is 24.3 Å². The van der Waals surface area contributed by atoms with Crippen LogP contribution in [0.1, 0.15) is 39.5 Å². The average Bonchev–Trinajstić information content (AvgIpc) is 2.74. The largest absolute Gasteiger partial charge is 0.497 e. The molecular formula is C22H32N2O4. The Balaban J connectivity index is 1.46. The van der Waals surface area contributed by atoms with Gasteiger partial charge in [0.15, 0.2) is 6.10 Å². The Kier molecular flexibility index (Phi) is 6.81. The first kappa shape index (κ1) is 20.5. The van der Waals surface area contributed by atoms with Gasteiger partial charge in [0, 0.05) is 32.1 Å². The fraction of sp³-hybridized carbons (Fsp3) is 0.636. The Morgan fingerprint density at radius 2 is 1.46 bits per heavy atom. The number of amides is 2. The van der Waals surface area contributed by atoms with Crippen LogP contribution in [0.3, 0.4) is 0 Å². The Morgan fingerprint density at radius 1 is 0.929 bits per heavy atom. The van der Waals surface area contributed by atoms with Gasteiger partial charge >= 0.3 is 0 Å². The molecule has 6 nitrogen and oxygen atoms in total. The van der Waals surface area contributed by atoms with E-state index in [0.29, 0.717) is 18.8 Å².